The third-order valence-corrected chi connectivity index (χ3v) is 5.64. The molecule has 0 bridgehead atoms. The first-order chi connectivity index (χ1) is 13.5. The van der Waals surface area contributed by atoms with Gasteiger partial charge in [-0.1, -0.05) is 24.3 Å². The number of nitrogens with zero attached hydrogens (tertiary/aromatic N) is 2. The predicted octanol–water partition coefficient (Wildman–Crippen LogP) is 4.00. The molecule has 0 saturated carbocycles. The Morgan fingerprint density at radius 1 is 1.29 bits per heavy atom. The lowest BCUT2D eigenvalue weighted by Gasteiger charge is -2.09. The minimum absolute atomic E-state index is 0.0837. The standard InChI is InChI=1S/C20H18BrN3O3S/c1-22-20-24(2)19(26)17(28-20)11-13-8-9-16(15(21)10-13)27-12-18(25)23-14-6-4-3-5-7-14/h3-11H,12H2,1-2H3,(H,23,25)/b17-11+,22-20?. The number of benzene rings is 2. The number of halogens is 1. The van der Waals surface area contributed by atoms with Gasteiger partial charge < -0.3 is 10.1 Å². The number of carbonyl (C=O) groups is 2. The van der Waals surface area contributed by atoms with Gasteiger partial charge in [0, 0.05) is 19.8 Å². The molecule has 1 heterocycles. The van der Waals surface area contributed by atoms with Crippen molar-refractivity contribution in [3.63, 3.8) is 0 Å². The number of aliphatic imine (C=N–C) groups is 1. The van der Waals surface area contributed by atoms with E-state index in [1.807, 2.05) is 42.5 Å². The van der Waals surface area contributed by atoms with Crippen LogP contribution in [-0.4, -0.2) is 42.6 Å². The molecule has 1 aliphatic heterocycles. The Morgan fingerprint density at radius 2 is 2.04 bits per heavy atom. The maximum atomic E-state index is 12.2. The summed E-state index contributed by atoms with van der Waals surface area (Å²) < 4.78 is 6.29. The summed E-state index contributed by atoms with van der Waals surface area (Å²) in [5, 5.41) is 3.43. The van der Waals surface area contributed by atoms with Gasteiger partial charge in [0.2, 0.25) is 0 Å². The molecule has 0 aromatic heterocycles. The average molecular weight is 460 g/mol. The molecule has 1 fully saturated rings. The number of carbonyl (C=O) groups excluding carboxylic acids is 2. The van der Waals surface area contributed by atoms with Crippen molar-refractivity contribution in [3.8, 4) is 5.75 Å². The molecule has 6 nitrogen and oxygen atoms in total. The summed E-state index contributed by atoms with van der Waals surface area (Å²) in [6.07, 6.45) is 1.80. The molecule has 28 heavy (non-hydrogen) atoms. The Morgan fingerprint density at radius 3 is 2.68 bits per heavy atom. The van der Waals surface area contributed by atoms with Gasteiger partial charge in [-0.25, -0.2) is 0 Å². The summed E-state index contributed by atoms with van der Waals surface area (Å²) >= 11 is 4.79. The van der Waals surface area contributed by atoms with Gasteiger partial charge in [-0.2, -0.15) is 0 Å². The molecule has 0 aliphatic carbocycles. The Labute approximate surface area is 175 Å². The van der Waals surface area contributed by atoms with Crippen molar-refractivity contribution < 1.29 is 14.3 Å². The molecule has 0 spiro atoms. The van der Waals surface area contributed by atoms with Gasteiger partial charge in [0.05, 0.1) is 9.38 Å². The van der Waals surface area contributed by atoms with E-state index in [2.05, 4.69) is 26.2 Å². The lowest BCUT2D eigenvalue weighted by molar-refractivity contribution is -0.121. The molecule has 0 atom stereocenters. The number of para-hydroxylation sites is 1. The van der Waals surface area contributed by atoms with Crippen LogP contribution in [-0.2, 0) is 9.59 Å². The maximum absolute atomic E-state index is 12.2. The van der Waals surface area contributed by atoms with Gasteiger partial charge in [0.1, 0.15) is 5.75 Å². The first-order valence-corrected chi connectivity index (χ1v) is 10.0. The van der Waals surface area contributed by atoms with Gasteiger partial charge in [-0.05, 0) is 63.6 Å². The Balaban J connectivity index is 1.64. The molecule has 2 aromatic rings. The highest BCUT2D eigenvalue weighted by Crippen LogP contribution is 2.33. The quantitative estimate of drug-likeness (QED) is 0.685. The second kappa shape index (κ2) is 9.07. The van der Waals surface area contributed by atoms with Crippen LogP contribution in [0.15, 0.2) is 62.9 Å². The first kappa shape index (κ1) is 20.2. The maximum Gasteiger partial charge on any atom is 0.266 e. The number of rotatable bonds is 5. The molecule has 8 heteroatoms. The summed E-state index contributed by atoms with van der Waals surface area (Å²) in [6.45, 7) is -0.108. The molecule has 0 unspecified atom stereocenters. The lowest BCUT2D eigenvalue weighted by atomic mass is 10.2. The smallest absolute Gasteiger partial charge is 0.266 e. The zero-order valence-corrected chi connectivity index (χ0v) is 17.7. The van der Waals surface area contributed by atoms with E-state index in [0.29, 0.717) is 20.3 Å². The van der Waals surface area contributed by atoms with Crippen LogP contribution in [0.25, 0.3) is 6.08 Å². The van der Waals surface area contributed by atoms with Crippen LogP contribution >= 0.6 is 27.7 Å². The van der Waals surface area contributed by atoms with Crippen molar-refractivity contribution in [1.29, 1.82) is 0 Å². The Bertz CT molecular complexity index is 960. The molecule has 1 N–H and O–H groups in total. The number of amides is 2. The molecule has 3 rings (SSSR count). The number of likely N-dealkylation sites (N-methyl/N-ethyl adjacent to an activating group) is 1. The van der Waals surface area contributed by atoms with Crippen LogP contribution in [0.2, 0.25) is 0 Å². The van der Waals surface area contributed by atoms with Crippen molar-refractivity contribution in [2.45, 2.75) is 0 Å². The number of hydrogen-bond acceptors (Lipinski definition) is 5. The van der Waals surface area contributed by atoms with E-state index in [0.717, 1.165) is 11.3 Å². The van der Waals surface area contributed by atoms with Gasteiger partial charge in [0.25, 0.3) is 11.8 Å². The van der Waals surface area contributed by atoms with Crippen LogP contribution in [0, 0.1) is 0 Å². The largest absolute Gasteiger partial charge is 0.483 e. The summed E-state index contributed by atoms with van der Waals surface area (Å²) in [7, 11) is 3.36. The van der Waals surface area contributed by atoms with Crippen LogP contribution in [0.5, 0.6) is 5.75 Å². The molecular weight excluding hydrogens is 442 g/mol. The van der Waals surface area contributed by atoms with E-state index >= 15 is 0 Å². The minimum atomic E-state index is -0.244. The van der Waals surface area contributed by atoms with E-state index < -0.39 is 0 Å². The molecular formula is C20H18BrN3O3S. The van der Waals surface area contributed by atoms with E-state index in [4.69, 9.17) is 4.74 Å². The average Bonchev–Trinajstić information content (AvgIpc) is 2.96. The Hall–Kier alpha value is -2.58. The second-order valence-electron chi connectivity index (χ2n) is 5.87. The van der Waals surface area contributed by atoms with Gasteiger partial charge in [0.15, 0.2) is 11.8 Å². The van der Waals surface area contributed by atoms with E-state index in [1.165, 1.54) is 16.7 Å². The Kier molecular flexibility index (Phi) is 6.53. The fourth-order valence-corrected chi connectivity index (χ4v) is 3.92. The highest BCUT2D eigenvalue weighted by atomic mass is 79.9. The number of ether oxygens (including phenoxy) is 1. The van der Waals surface area contributed by atoms with Crippen molar-refractivity contribution in [2.24, 2.45) is 4.99 Å². The predicted molar refractivity (Wildman–Crippen MR) is 116 cm³/mol. The van der Waals surface area contributed by atoms with Crippen LogP contribution in [0.3, 0.4) is 0 Å². The van der Waals surface area contributed by atoms with Gasteiger partial charge in [-0.15, -0.1) is 0 Å². The monoisotopic (exact) mass is 459 g/mol. The summed E-state index contributed by atoms with van der Waals surface area (Å²) in [4.78, 5) is 30.5. The third kappa shape index (κ3) is 4.82. The fraction of sp³-hybridized carbons (Fsp3) is 0.150. The van der Waals surface area contributed by atoms with Crippen LogP contribution in [0.1, 0.15) is 5.56 Å². The number of anilines is 1. The minimum Gasteiger partial charge on any atom is -0.483 e. The van der Waals surface area contributed by atoms with E-state index in [-0.39, 0.29) is 18.4 Å². The highest BCUT2D eigenvalue weighted by molar-refractivity contribution is 9.10. The van der Waals surface area contributed by atoms with Crippen molar-refractivity contribution in [2.75, 3.05) is 26.0 Å². The van der Waals surface area contributed by atoms with Gasteiger partial charge >= 0.3 is 0 Å². The molecule has 144 valence electrons. The summed E-state index contributed by atoms with van der Waals surface area (Å²) in [6, 6.07) is 14.6. The summed E-state index contributed by atoms with van der Waals surface area (Å²) in [5.41, 5.74) is 1.56. The normalized spacial score (nSPS) is 16.7. The van der Waals surface area contributed by atoms with Crippen molar-refractivity contribution in [3.05, 3.63) is 63.5 Å². The van der Waals surface area contributed by atoms with E-state index in [9.17, 15) is 9.59 Å². The molecule has 0 radical (unpaired) electrons. The lowest BCUT2D eigenvalue weighted by Crippen LogP contribution is -2.23. The highest BCUT2D eigenvalue weighted by Gasteiger charge is 2.29. The van der Waals surface area contributed by atoms with Gasteiger partial charge in [-0.3, -0.25) is 19.5 Å². The molecule has 1 saturated heterocycles. The number of amidine groups is 1. The SMILES string of the molecule is CN=C1S/C(=C/c2ccc(OCC(=O)Nc3ccccc3)c(Br)c2)C(=O)N1C. The second-order valence-corrected chi connectivity index (χ2v) is 7.74. The number of nitrogens with one attached hydrogen (secondary N) is 1. The van der Waals surface area contributed by atoms with Crippen molar-refractivity contribution in [1.82, 2.24) is 4.90 Å². The molecule has 1 aliphatic rings. The third-order valence-electron chi connectivity index (χ3n) is 3.86. The number of hydrogen-bond donors (Lipinski definition) is 1. The topological polar surface area (TPSA) is 71.0 Å². The molecule has 2 amide bonds. The van der Waals surface area contributed by atoms with E-state index in [1.54, 1.807) is 26.2 Å². The zero-order valence-electron chi connectivity index (χ0n) is 15.3. The summed E-state index contributed by atoms with van der Waals surface area (Å²) in [5.74, 6) is 0.218. The number of thioether (sulfide) groups is 1. The van der Waals surface area contributed by atoms with Crippen LogP contribution in [0.4, 0.5) is 5.69 Å². The molecule has 2 aromatic carbocycles. The van der Waals surface area contributed by atoms with Crippen LogP contribution < -0.4 is 10.1 Å². The first-order valence-electron chi connectivity index (χ1n) is 8.39. The fourth-order valence-electron chi connectivity index (χ4n) is 2.49. The zero-order chi connectivity index (χ0) is 20.1. The van der Waals surface area contributed by atoms with Crippen molar-refractivity contribution >= 4 is 56.4 Å².